The maximum absolute atomic E-state index is 13.6. The molecule has 2 aliphatic rings. The van der Waals surface area contributed by atoms with Gasteiger partial charge in [-0.1, -0.05) is 66.8 Å². The lowest BCUT2D eigenvalue weighted by atomic mass is 9.87. The molecule has 1 N–H and O–H groups in total. The molecule has 1 saturated heterocycles. The van der Waals surface area contributed by atoms with E-state index in [0.29, 0.717) is 32.8 Å². The number of nitrogens with zero attached hydrogens (tertiary/aromatic N) is 3. The van der Waals surface area contributed by atoms with Crippen LogP contribution in [-0.2, 0) is 11.3 Å². The molecule has 0 radical (unpaired) electrons. The molecule has 3 heterocycles. The number of amides is 1. The van der Waals surface area contributed by atoms with E-state index in [2.05, 4.69) is 12.2 Å². The van der Waals surface area contributed by atoms with Crippen molar-refractivity contribution in [3.8, 4) is 0 Å². The number of carbonyl (C=O) groups excluding carboxylic acids is 1. The lowest BCUT2D eigenvalue weighted by Crippen LogP contribution is -2.29. The molecular weight excluding hydrogens is 488 g/mol. The Morgan fingerprint density at radius 1 is 1.11 bits per heavy atom. The van der Waals surface area contributed by atoms with Crippen molar-refractivity contribution in [2.45, 2.75) is 59.0 Å². The van der Waals surface area contributed by atoms with Crippen molar-refractivity contribution in [3.63, 3.8) is 0 Å². The van der Waals surface area contributed by atoms with E-state index < -0.39 is 0 Å². The van der Waals surface area contributed by atoms with Gasteiger partial charge in [-0.3, -0.25) is 18.9 Å². The van der Waals surface area contributed by atoms with Gasteiger partial charge in [-0.2, -0.15) is 0 Å². The van der Waals surface area contributed by atoms with Crippen LogP contribution in [0.5, 0.6) is 0 Å². The van der Waals surface area contributed by atoms with E-state index in [9.17, 15) is 9.59 Å². The highest BCUT2D eigenvalue weighted by Gasteiger charge is 2.33. The third-order valence-corrected chi connectivity index (χ3v) is 8.43. The van der Waals surface area contributed by atoms with Gasteiger partial charge in [-0.25, -0.2) is 4.98 Å². The van der Waals surface area contributed by atoms with Gasteiger partial charge in [0.1, 0.15) is 15.8 Å². The number of aryl methyl sites for hydroxylation is 2. The minimum absolute atomic E-state index is 0.184. The van der Waals surface area contributed by atoms with Crippen LogP contribution in [-0.4, -0.2) is 30.6 Å². The Kier molecular flexibility index (Phi) is 6.99. The van der Waals surface area contributed by atoms with Crippen LogP contribution in [0, 0.1) is 19.8 Å². The Morgan fingerprint density at radius 3 is 2.56 bits per heavy atom. The average Bonchev–Trinajstić information content (AvgIpc) is 3.12. The summed E-state index contributed by atoms with van der Waals surface area (Å²) in [6.45, 7) is 6.67. The van der Waals surface area contributed by atoms with Crippen molar-refractivity contribution in [2.24, 2.45) is 5.92 Å². The average molecular weight is 519 g/mol. The molecule has 36 heavy (non-hydrogen) atoms. The first-order chi connectivity index (χ1) is 17.3. The monoisotopic (exact) mass is 518 g/mol. The van der Waals surface area contributed by atoms with Gasteiger partial charge in [0.25, 0.3) is 11.5 Å². The van der Waals surface area contributed by atoms with Crippen molar-refractivity contribution < 1.29 is 4.79 Å². The number of aromatic nitrogens is 2. The molecule has 0 atom stereocenters. The molecule has 0 spiro atoms. The van der Waals surface area contributed by atoms with Crippen LogP contribution in [0.15, 0.2) is 52.3 Å². The summed E-state index contributed by atoms with van der Waals surface area (Å²) in [4.78, 5) is 33.9. The number of hydrogen-bond acceptors (Lipinski definition) is 6. The van der Waals surface area contributed by atoms with Crippen molar-refractivity contribution in [1.82, 2.24) is 14.3 Å². The number of rotatable bonds is 5. The summed E-state index contributed by atoms with van der Waals surface area (Å²) in [5.41, 5.74) is 3.92. The molecular formula is C28H30N4O2S2. The molecule has 1 amide bonds. The summed E-state index contributed by atoms with van der Waals surface area (Å²) in [6, 6.07) is 12.1. The Labute approximate surface area is 220 Å². The van der Waals surface area contributed by atoms with Gasteiger partial charge in [0.15, 0.2) is 0 Å². The normalized spacial score (nSPS) is 21.5. The van der Waals surface area contributed by atoms with E-state index in [1.807, 2.05) is 50.2 Å². The van der Waals surface area contributed by atoms with Gasteiger partial charge >= 0.3 is 0 Å². The highest BCUT2D eigenvalue weighted by Crippen LogP contribution is 2.34. The topological polar surface area (TPSA) is 66.7 Å². The Bertz CT molecular complexity index is 1420. The zero-order valence-electron chi connectivity index (χ0n) is 20.8. The van der Waals surface area contributed by atoms with Gasteiger partial charge in [0.05, 0.1) is 17.0 Å². The van der Waals surface area contributed by atoms with Crippen LogP contribution in [0.25, 0.3) is 11.7 Å². The molecule has 186 valence electrons. The van der Waals surface area contributed by atoms with Crippen molar-refractivity contribution >= 4 is 51.7 Å². The highest BCUT2D eigenvalue weighted by atomic mass is 32.2. The van der Waals surface area contributed by atoms with Gasteiger partial charge in [0, 0.05) is 12.2 Å². The summed E-state index contributed by atoms with van der Waals surface area (Å²) in [7, 11) is 0. The number of thioether (sulfide) groups is 1. The fraction of sp³-hybridized carbons (Fsp3) is 0.357. The molecule has 0 bridgehead atoms. The first-order valence-corrected chi connectivity index (χ1v) is 13.6. The molecule has 1 aromatic carbocycles. The van der Waals surface area contributed by atoms with Crippen LogP contribution in [0.3, 0.4) is 0 Å². The number of fused-ring (bicyclic) bond motifs is 1. The van der Waals surface area contributed by atoms with Crippen molar-refractivity contribution in [1.29, 1.82) is 0 Å². The molecule has 5 rings (SSSR count). The zero-order valence-corrected chi connectivity index (χ0v) is 22.4. The number of anilines is 1. The van der Waals surface area contributed by atoms with Gasteiger partial charge < -0.3 is 5.32 Å². The standard InChI is InChI=1S/C28H30N4O2S2/c1-17-6-10-20(11-7-17)16-32-27(34)23(36-28(32)35)15-22-24(29-21-12-8-18(2)9-13-21)30-25-19(3)5-4-14-31(25)26(22)33/h4-7,10-11,14-15,18,21,29H,8-9,12-13,16H2,1-3H3. The molecule has 6 nitrogen and oxygen atoms in total. The minimum atomic E-state index is -0.195. The number of thiocarbonyl (C=S) groups is 1. The van der Waals surface area contributed by atoms with E-state index in [-0.39, 0.29) is 17.5 Å². The van der Waals surface area contributed by atoms with Crippen LogP contribution in [0.2, 0.25) is 0 Å². The second-order valence-electron chi connectivity index (χ2n) is 9.92. The number of carbonyl (C=O) groups is 1. The van der Waals surface area contributed by atoms with E-state index in [0.717, 1.165) is 48.3 Å². The summed E-state index contributed by atoms with van der Waals surface area (Å²) in [6.07, 6.45) is 7.77. The van der Waals surface area contributed by atoms with Crippen LogP contribution in [0.4, 0.5) is 5.82 Å². The van der Waals surface area contributed by atoms with E-state index in [1.165, 1.54) is 11.8 Å². The fourth-order valence-corrected chi connectivity index (χ4v) is 6.03. The summed E-state index contributed by atoms with van der Waals surface area (Å²) in [5, 5.41) is 3.55. The highest BCUT2D eigenvalue weighted by molar-refractivity contribution is 8.26. The molecule has 2 aromatic heterocycles. The van der Waals surface area contributed by atoms with Crippen molar-refractivity contribution in [3.05, 3.63) is 80.1 Å². The van der Waals surface area contributed by atoms with Crippen molar-refractivity contribution in [2.75, 3.05) is 5.32 Å². The van der Waals surface area contributed by atoms with Gasteiger partial charge in [-0.15, -0.1) is 0 Å². The maximum Gasteiger partial charge on any atom is 0.267 e. The van der Waals surface area contributed by atoms with Crippen LogP contribution in [0.1, 0.15) is 54.9 Å². The lowest BCUT2D eigenvalue weighted by Gasteiger charge is -2.28. The molecule has 1 aliphatic heterocycles. The first-order valence-electron chi connectivity index (χ1n) is 12.4. The van der Waals surface area contributed by atoms with Gasteiger partial charge in [-0.05, 0) is 68.7 Å². The molecule has 1 saturated carbocycles. The largest absolute Gasteiger partial charge is 0.367 e. The molecule has 0 unspecified atom stereocenters. The van der Waals surface area contributed by atoms with Crippen LogP contribution < -0.4 is 10.9 Å². The SMILES string of the molecule is Cc1ccc(CN2C(=O)C(=Cc3c(NC4CCC(C)CC4)nc4c(C)cccn4c3=O)SC2=S)cc1. The Hall–Kier alpha value is -2.97. The summed E-state index contributed by atoms with van der Waals surface area (Å²) < 4.78 is 2.05. The van der Waals surface area contributed by atoms with Crippen LogP contribution >= 0.6 is 24.0 Å². The number of nitrogens with one attached hydrogen (secondary N) is 1. The quantitative estimate of drug-likeness (QED) is 0.345. The smallest absolute Gasteiger partial charge is 0.267 e. The third kappa shape index (κ3) is 4.97. The molecule has 1 aliphatic carbocycles. The summed E-state index contributed by atoms with van der Waals surface area (Å²) >= 11 is 6.79. The second-order valence-corrected chi connectivity index (χ2v) is 11.6. The first kappa shape index (κ1) is 24.7. The van der Waals surface area contributed by atoms with E-state index >= 15 is 0 Å². The zero-order chi connectivity index (χ0) is 25.4. The lowest BCUT2D eigenvalue weighted by molar-refractivity contribution is -0.122. The molecule has 8 heteroatoms. The van der Waals surface area contributed by atoms with E-state index in [1.54, 1.807) is 21.6 Å². The third-order valence-electron chi connectivity index (χ3n) is 7.05. The van der Waals surface area contributed by atoms with E-state index in [4.69, 9.17) is 17.2 Å². The van der Waals surface area contributed by atoms with Gasteiger partial charge in [0.2, 0.25) is 0 Å². The number of benzene rings is 1. The minimum Gasteiger partial charge on any atom is -0.367 e. The molecule has 3 aromatic rings. The Balaban J connectivity index is 1.52. The summed E-state index contributed by atoms with van der Waals surface area (Å²) in [5.74, 6) is 1.07. The predicted octanol–water partition coefficient (Wildman–Crippen LogP) is 5.70. The number of pyridine rings is 1. The number of hydrogen-bond donors (Lipinski definition) is 1. The molecule has 2 fully saturated rings. The Morgan fingerprint density at radius 2 is 1.83 bits per heavy atom. The maximum atomic E-state index is 13.6. The second kappa shape index (κ2) is 10.2. The predicted molar refractivity (Wildman–Crippen MR) is 151 cm³/mol. The fourth-order valence-electron chi connectivity index (χ4n) is 4.79.